The lowest BCUT2D eigenvalue weighted by Crippen LogP contribution is -2.61. The van der Waals surface area contributed by atoms with Crippen LogP contribution in [0.25, 0.3) is 0 Å². The molecule has 55 heavy (non-hydrogen) atoms. The van der Waals surface area contributed by atoms with Gasteiger partial charge in [-0.1, -0.05) is 77.4 Å². The highest BCUT2D eigenvalue weighted by atomic mass is 32.2. The number of rotatable bonds is 18. The first-order chi connectivity index (χ1) is 26.3. The summed E-state index contributed by atoms with van der Waals surface area (Å²) in [6.07, 6.45) is 13.5. The quantitative estimate of drug-likeness (QED) is 0.124. The molecular weight excluding hydrogens is 741 g/mol. The molecule has 0 bridgehead atoms. The molecule has 1 saturated heterocycles. The minimum atomic E-state index is -3.75. The van der Waals surface area contributed by atoms with E-state index < -0.39 is 57.8 Å². The molecule has 3 saturated carbocycles. The number of nitrogens with zero attached hydrogens (tertiary/aromatic N) is 2. The Kier molecular flexibility index (Phi) is 15.4. The fourth-order valence-electron chi connectivity index (χ4n) is 8.85. The molecule has 4 N–H and O–H groups in total. The first-order valence-electron chi connectivity index (χ1n) is 20.4. The van der Waals surface area contributed by atoms with Crippen LogP contribution in [0.2, 0.25) is 0 Å². The Morgan fingerprint density at radius 3 is 2.16 bits per heavy atom. The van der Waals surface area contributed by atoms with E-state index in [2.05, 4.69) is 27.8 Å². The molecule has 0 aromatic carbocycles. The number of sulfonamides is 1. The van der Waals surface area contributed by atoms with Crippen molar-refractivity contribution in [3.05, 3.63) is 30.2 Å². The van der Waals surface area contributed by atoms with Crippen molar-refractivity contribution in [1.29, 1.82) is 0 Å². The van der Waals surface area contributed by atoms with Crippen LogP contribution < -0.4 is 21.3 Å². The third-order valence-electron chi connectivity index (χ3n) is 12.2. The fraction of sp³-hybridized carbons (Fsp3) is 0.725. The van der Waals surface area contributed by atoms with E-state index in [4.69, 9.17) is 0 Å². The molecule has 2 heterocycles. The Morgan fingerprint density at radius 1 is 0.927 bits per heavy atom. The van der Waals surface area contributed by atoms with Gasteiger partial charge in [-0.15, -0.1) is 17.9 Å². The number of hydrogen-bond acceptors (Lipinski definition) is 8. The van der Waals surface area contributed by atoms with Gasteiger partial charge >= 0.3 is 6.03 Å². The van der Waals surface area contributed by atoms with Crippen LogP contribution in [0.1, 0.15) is 104 Å². The van der Waals surface area contributed by atoms with E-state index in [0.717, 1.165) is 88.4 Å². The molecule has 0 radical (unpaired) electrons. The topological polar surface area (TPSA) is 174 Å². The highest BCUT2D eigenvalue weighted by Gasteiger charge is 2.47. The van der Waals surface area contributed by atoms with Crippen LogP contribution in [0.15, 0.2) is 34.4 Å². The maximum Gasteiger partial charge on any atom is 0.315 e. The van der Waals surface area contributed by atoms with Crippen LogP contribution in [0, 0.1) is 29.6 Å². The average molecular weight is 803 g/mol. The van der Waals surface area contributed by atoms with E-state index in [1.165, 1.54) is 10.4 Å². The summed E-state index contributed by atoms with van der Waals surface area (Å²) in [5, 5.41) is 13.3. The van der Waals surface area contributed by atoms with Crippen LogP contribution in [0.5, 0.6) is 0 Å². The monoisotopic (exact) mass is 802 g/mol. The Hall–Kier alpha value is -3.30. The molecule has 0 spiro atoms. The Morgan fingerprint density at radius 2 is 1.58 bits per heavy atom. The van der Waals surface area contributed by atoms with Crippen molar-refractivity contribution in [1.82, 2.24) is 30.5 Å². The van der Waals surface area contributed by atoms with Crippen molar-refractivity contribution in [2.24, 2.45) is 29.6 Å². The molecule has 5 atom stereocenters. The maximum absolute atomic E-state index is 14.8. The van der Waals surface area contributed by atoms with Crippen LogP contribution >= 0.6 is 11.3 Å². The molecule has 15 heteroatoms. The van der Waals surface area contributed by atoms with E-state index in [-0.39, 0.29) is 52.8 Å². The van der Waals surface area contributed by atoms with Gasteiger partial charge in [0.25, 0.3) is 15.9 Å². The van der Waals surface area contributed by atoms with E-state index >= 15 is 0 Å². The Balaban J connectivity index is 1.35. The standard InChI is InChI=1S/C40H62N6O7S2/c1-5-21-41-38(49)36(47)31(24-27-18-19-27)42-37(48)35-30(26(2)3)20-22-46(35)39(50)34(29-15-10-7-11-16-29)44-40(51)43-32(28-13-8-6-9-14-28)25-45(4)55(52,53)33-17-12-23-54-33/h5,12,17,23,26-32,34-35H,1,6-11,13-16,18-22,24-25H2,2-4H3,(H,41,49)(H,42,48)(H2,43,44,51)/t30-,31?,32-,34+,35+/m1/s1. The van der Waals surface area contributed by atoms with Gasteiger partial charge in [0.2, 0.25) is 17.6 Å². The van der Waals surface area contributed by atoms with E-state index in [9.17, 15) is 32.4 Å². The molecule has 5 amide bonds. The summed E-state index contributed by atoms with van der Waals surface area (Å²) >= 11 is 1.15. The van der Waals surface area contributed by atoms with Gasteiger partial charge in [-0.05, 0) is 79.6 Å². The van der Waals surface area contributed by atoms with E-state index in [1.54, 1.807) is 29.5 Å². The van der Waals surface area contributed by atoms with E-state index in [1.807, 2.05) is 13.8 Å². The second-order valence-electron chi connectivity index (χ2n) is 16.5. The first-order valence-corrected chi connectivity index (χ1v) is 22.7. The number of amides is 5. The maximum atomic E-state index is 14.8. The number of ketones is 1. The predicted octanol–water partition coefficient (Wildman–Crippen LogP) is 4.59. The van der Waals surface area contributed by atoms with Gasteiger partial charge < -0.3 is 26.2 Å². The minimum Gasteiger partial charge on any atom is -0.346 e. The second kappa shape index (κ2) is 19.7. The van der Waals surface area contributed by atoms with Crippen LogP contribution in [0.4, 0.5) is 4.79 Å². The summed E-state index contributed by atoms with van der Waals surface area (Å²) < 4.78 is 28.3. The number of carbonyl (C=O) groups is 5. The van der Waals surface area contributed by atoms with Gasteiger partial charge in [0, 0.05) is 32.7 Å². The first kappa shape index (κ1) is 42.8. The number of carbonyl (C=O) groups excluding carboxylic acids is 5. The molecule has 5 rings (SSSR count). The van der Waals surface area contributed by atoms with Crippen LogP contribution in [-0.2, 0) is 29.2 Å². The lowest BCUT2D eigenvalue weighted by molar-refractivity contribution is -0.144. The van der Waals surface area contributed by atoms with Crippen molar-refractivity contribution < 1.29 is 32.4 Å². The number of Topliss-reactive ketones (excluding diaryl/α,β-unsaturated/α-hetero) is 1. The molecule has 1 aromatic rings. The van der Waals surface area contributed by atoms with Gasteiger partial charge in [0.05, 0.1) is 6.04 Å². The zero-order valence-electron chi connectivity index (χ0n) is 32.8. The number of likely N-dealkylation sites (N-methyl/N-ethyl adjacent to an activating group) is 1. The summed E-state index contributed by atoms with van der Waals surface area (Å²) in [6.45, 7) is 8.16. The van der Waals surface area contributed by atoms with Crippen molar-refractivity contribution in [3.8, 4) is 0 Å². The number of urea groups is 1. The van der Waals surface area contributed by atoms with Crippen molar-refractivity contribution in [2.75, 3.05) is 26.7 Å². The summed E-state index contributed by atoms with van der Waals surface area (Å²) in [5.41, 5.74) is 0. The third-order valence-corrected chi connectivity index (χ3v) is 15.4. The molecular formula is C40H62N6O7S2. The van der Waals surface area contributed by atoms with Crippen molar-refractivity contribution in [2.45, 2.75) is 132 Å². The molecule has 3 aliphatic carbocycles. The largest absolute Gasteiger partial charge is 0.346 e. The average Bonchev–Trinajstić information content (AvgIpc) is 3.60. The van der Waals surface area contributed by atoms with Crippen LogP contribution in [-0.4, -0.2) is 98.0 Å². The molecule has 306 valence electrons. The van der Waals surface area contributed by atoms with Crippen molar-refractivity contribution >= 4 is 50.9 Å². The smallest absolute Gasteiger partial charge is 0.315 e. The highest BCUT2D eigenvalue weighted by molar-refractivity contribution is 7.91. The number of likely N-dealkylation sites (tertiary alicyclic amines) is 1. The van der Waals surface area contributed by atoms with Gasteiger partial charge in [-0.2, -0.15) is 4.31 Å². The lowest BCUT2D eigenvalue weighted by Gasteiger charge is -2.37. The molecule has 1 aliphatic heterocycles. The van der Waals surface area contributed by atoms with Crippen molar-refractivity contribution in [3.63, 3.8) is 0 Å². The molecule has 1 unspecified atom stereocenters. The van der Waals surface area contributed by atoms with Gasteiger partial charge in [-0.3, -0.25) is 19.2 Å². The zero-order valence-corrected chi connectivity index (χ0v) is 34.4. The summed E-state index contributed by atoms with van der Waals surface area (Å²) in [7, 11) is -2.21. The number of hydrogen-bond donors (Lipinski definition) is 4. The second-order valence-corrected chi connectivity index (χ2v) is 19.7. The Labute approximate surface area is 331 Å². The molecule has 1 aromatic heterocycles. The summed E-state index contributed by atoms with van der Waals surface area (Å²) in [4.78, 5) is 70.7. The van der Waals surface area contributed by atoms with E-state index in [0.29, 0.717) is 19.4 Å². The van der Waals surface area contributed by atoms with Gasteiger partial charge in [0.1, 0.15) is 16.3 Å². The number of nitrogens with one attached hydrogen (secondary N) is 4. The Bertz CT molecular complexity index is 1600. The minimum absolute atomic E-state index is 0.0464. The third kappa shape index (κ3) is 11.2. The molecule has 4 aliphatic rings. The highest BCUT2D eigenvalue weighted by Crippen LogP contribution is 2.36. The summed E-state index contributed by atoms with van der Waals surface area (Å²) in [5.74, 6) is -2.23. The molecule has 13 nitrogen and oxygen atoms in total. The van der Waals surface area contributed by atoms with Gasteiger partial charge in [0.15, 0.2) is 0 Å². The molecule has 4 fully saturated rings. The summed E-state index contributed by atoms with van der Waals surface area (Å²) in [6, 6.07) is -0.493. The predicted molar refractivity (Wildman–Crippen MR) is 212 cm³/mol. The van der Waals surface area contributed by atoms with Crippen LogP contribution in [0.3, 0.4) is 0 Å². The normalized spacial score (nSPS) is 22.8. The fourth-order valence-corrected chi connectivity index (χ4v) is 11.2. The SMILES string of the molecule is C=CCNC(=O)C(=O)C(CC1CC1)NC(=O)[C@@H]1[C@@H](C(C)C)CCN1C(=O)[C@@H](NC(=O)N[C@H](CN(C)S(=O)(=O)c1cccs1)C1CCCCC1)C1CCCCC1. The van der Waals surface area contributed by atoms with Gasteiger partial charge in [-0.25, -0.2) is 13.2 Å². The zero-order chi connectivity index (χ0) is 39.7. The number of thiophene rings is 1. The lowest BCUT2D eigenvalue weighted by atomic mass is 9.82.